The summed E-state index contributed by atoms with van der Waals surface area (Å²) in [5, 5.41) is 65.5. The number of amides is 14. The number of phenols is 2. The Hall–Kier alpha value is -13.8. The first-order chi connectivity index (χ1) is 60.6. The first-order valence-corrected chi connectivity index (χ1v) is 43.3. The monoisotopic (exact) mass is 1760 g/mol. The topological polar surface area (TPSA) is 547 Å². The number of hydrogen-bond donors (Lipinski definition) is 20. The second-order valence-corrected chi connectivity index (χ2v) is 33.8. The quantitative estimate of drug-likeness (QED) is 0.0234. The lowest BCUT2D eigenvalue weighted by atomic mass is 9.98. The lowest BCUT2D eigenvalue weighted by Gasteiger charge is -2.33. The Morgan fingerprint density at radius 2 is 0.874 bits per heavy atom. The predicted octanol–water partition coefficient (Wildman–Crippen LogP) is 1.97. The van der Waals surface area contributed by atoms with Gasteiger partial charge in [-0.2, -0.15) is 0 Å². The van der Waals surface area contributed by atoms with Gasteiger partial charge in [0.2, 0.25) is 82.7 Å². The number of nitrogens with one attached hydrogen (secondary N) is 16. The highest BCUT2D eigenvalue weighted by Crippen LogP contribution is 2.24. The fraction of sp³-hybridized carbons (Fsp3) is 0.396. The number of guanidine groups is 1. The van der Waals surface area contributed by atoms with Crippen molar-refractivity contribution in [2.24, 2.45) is 29.2 Å². The molecule has 2 aromatic heterocycles. The van der Waals surface area contributed by atoms with Crippen molar-refractivity contribution in [3.63, 3.8) is 0 Å². The minimum Gasteiger partial charge on any atom is -0.508 e. The molecule has 1 fully saturated rings. The summed E-state index contributed by atoms with van der Waals surface area (Å²) in [6, 6.07) is 26.6. The van der Waals surface area contributed by atoms with E-state index in [-0.39, 0.29) is 106 Å². The van der Waals surface area contributed by atoms with Gasteiger partial charge >= 0.3 is 0 Å². The summed E-state index contributed by atoms with van der Waals surface area (Å²) >= 11 is 0.833. The normalized spacial score (nSPS) is 21.6. The van der Waals surface area contributed by atoms with E-state index >= 15 is 38.4 Å². The Kier molecular flexibility index (Phi) is 36.2. The van der Waals surface area contributed by atoms with Gasteiger partial charge in [-0.15, -0.1) is 11.8 Å². The summed E-state index contributed by atoms with van der Waals surface area (Å²) in [6.07, 6.45) is 1.83. The molecule has 0 saturated carbocycles. The fourth-order valence-electron chi connectivity index (χ4n) is 14.7. The second-order valence-electron chi connectivity index (χ2n) is 32.8. The van der Waals surface area contributed by atoms with Crippen LogP contribution >= 0.6 is 11.8 Å². The van der Waals surface area contributed by atoms with Crippen LogP contribution in [0.2, 0.25) is 0 Å². The van der Waals surface area contributed by atoms with Gasteiger partial charge in [0.25, 0.3) is 0 Å². The fourth-order valence-corrected chi connectivity index (χ4v) is 15.6. The smallest absolute Gasteiger partial charge is 0.245 e. The number of phenolic OH excluding ortho intramolecular Hbond substituents is 2. The SMILES string of the molecule is CC(C)C[C@@H]1NC(=O)[C@H](Cc2ccc(O)cc2)NC(=O)[C@H](Cc2ccccc2)NC(=O)CSC[C@@H](C(=O)NCC(N)=O)NC(=O)[C@H](CC(C)C)NC(=O)[C@H](Cc2ccccc2)N(C)C(=O)[C@H](Cc2ccc(O)cc2)NC(=O)[C@H](Cc2c[nH]c3ccccc23)NC(=O)CNC(=O)[C@H](Cc2c[nH]c3ccccc23)NC(=O)[C@H](CCCNC(=N)N)NC(=O)[C@H](C(C)C)NC1=O. The number of aromatic nitrogens is 2. The maximum absolute atomic E-state index is 15.8. The number of thioether (sulfide) groups is 1. The number of rotatable bonds is 24. The molecule has 0 aliphatic carbocycles. The Morgan fingerprint density at radius 3 is 1.39 bits per heavy atom. The molecule has 1 aliphatic rings. The van der Waals surface area contributed by atoms with E-state index in [9.17, 15) is 39.0 Å². The number of likely N-dealkylation sites (N-methyl/N-ethyl adjacent to an activating group) is 1. The first-order valence-electron chi connectivity index (χ1n) is 42.2. The van der Waals surface area contributed by atoms with Crippen molar-refractivity contribution in [1.82, 2.24) is 84.0 Å². The second kappa shape index (κ2) is 47.3. The van der Waals surface area contributed by atoms with Crippen molar-refractivity contribution in [2.45, 2.75) is 172 Å². The van der Waals surface area contributed by atoms with Crippen molar-refractivity contribution in [3.05, 3.63) is 203 Å². The van der Waals surface area contributed by atoms with Gasteiger partial charge in [-0.1, -0.05) is 163 Å². The maximum Gasteiger partial charge on any atom is 0.245 e. The molecule has 1 saturated heterocycles. The Morgan fingerprint density at radius 1 is 0.457 bits per heavy atom. The van der Waals surface area contributed by atoms with Crippen molar-refractivity contribution < 1.29 is 77.3 Å². The molecule has 22 N–H and O–H groups in total. The molecule has 6 aromatic carbocycles. The third-order valence-corrected chi connectivity index (χ3v) is 22.4. The molecule has 36 heteroatoms. The summed E-state index contributed by atoms with van der Waals surface area (Å²) in [4.78, 5) is 215. The summed E-state index contributed by atoms with van der Waals surface area (Å²) in [5.74, 6) is -15.2. The number of fused-ring (bicyclic) bond motifs is 2. The number of benzene rings is 6. The summed E-state index contributed by atoms with van der Waals surface area (Å²) < 4.78 is 0. The number of H-pyrrole nitrogens is 2. The van der Waals surface area contributed by atoms with Crippen LogP contribution in [0.1, 0.15) is 101 Å². The highest BCUT2D eigenvalue weighted by molar-refractivity contribution is 8.00. The standard InChI is InChI=1S/C91H115N19O16S/c1-51(2)37-67-83(119)108-74(81(117)98-47-76(92)113)49-127-50-78(115)101-69(39-54-19-10-8-11-20-54)84(120)104-70(40-56-28-32-60(111)33-29-56)85(121)103-68(38-52(3)4)87(123)109-79(53(5)6)89(125)102-66(27-18-36-95-91(93)94)82(118)105-71(43-58-45-96-64-25-16-14-23-62(58)64)80(116)99-48-77(114)100-72(44-59-46-97-65-26-17-15-24-63(59)65)86(122)107-73(41-57-30-34-61(112)35-31-57)90(126)110(7)75(88(124)106-67)42-55-21-12-9-13-22-55/h8-17,19-26,28-35,45-46,51-53,66-75,79,96-97,111-112H,18,27,36-44,47-50H2,1-7H3,(H2,92,113)(H,98,117)(H,99,116)(H,100,114)(H,101,115)(H,102,125)(H,103,121)(H,104,120)(H,105,118)(H,106,124)(H,107,122)(H,108,119)(H,109,123)(H4,93,94,95)/t66-,67-,68-,69-,70-,71-,72-,73-,74-,75-,79-/m0/s1. The average molecular weight is 1760 g/mol. The highest BCUT2D eigenvalue weighted by atomic mass is 32.2. The summed E-state index contributed by atoms with van der Waals surface area (Å²) in [7, 11) is 1.33. The zero-order valence-electron chi connectivity index (χ0n) is 72.0. The minimum absolute atomic E-state index is 0.0314. The molecule has 0 bridgehead atoms. The molecular formula is C91H115N19O16S. The van der Waals surface area contributed by atoms with Crippen LogP contribution in [0.5, 0.6) is 11.5 Å². The molecule has 35 nitrogen and oxygen atoms in total. The Labute approximate surface area is 739 Å². The predicted molar refractivity (Wildman–Crippen MR) is 479 cm³/mol. The van der Waals surface area contributed by atoms with E-state index in [1.54, 1.807) is 163 Å². The lowest BCUT2D eigenvalue weighted by molar-refractivity contribution is -0.143. The molecule has 127 heavy (non-hydrogen) atoms. The van der Waals surface area contributed by atoms with Crippen molar-refractivity contribution >= 4 is 122 Å². The van der Waals surface area contributed by atoms with Crippen LogP contribution in [0.15, 0.2) is 170 Å². The van der Waals surface area contributed by atoms with Crippen molar-refractivity contribution in [1.29, 1.82) is 5.41 Å². The molecule has 676 valence electrons. The molecule has 3 heterocycles. The molecule has 0 radical (unpaired) electrons. The zero-order chi connectivity index (χ0) is 92.0. The number of aromatic amines is 2. The number of nitrogens with zero attached hydrogens (tertiary/aromatic N) is 1. The highest BCUT2D eigenvalue weighted by Gasteiger charge is 2.40. The van der Waals surface area contributed by atoms with Gasteiger partial charge in [-0.05, 0) is 113 Å². The Bertz CT molecular complexity index is 5170. The van der Waals surface area contributed by atoms with E-state index in [0.717, 1.165) is 16.7 Å². The van der Waals surface area contributed by atoms with Gasteiger partial charge in [-0.3, -0.25) is 72.5 Å². The van der Waals surface area contributed by atoms with Gasteiger partial charge in [0, 0.05) is 92.1 Å². The van der Waals surface area contributed by atoms with E-state index in [0.29, 0.717) is 55.2 Å². The number of hydrogen-bond acceptors (Lipinski definition) is 18. The number of aromatic hydroxyl groups is 2. The van der Waals surface area contributed by atoms with Crippen LogP contribution in [0.4, 0.5) is 0 Å². The van der Waals surface area contributed by atoms with Crippen LogP contribution in [0, 0.1) is 23.2 Å². The van der Waals surface area contributed by atoms with E-state index in [1.807, 2.05) is 0 Å². The number of primary amides is 1. The van der Waals surface area contributed by atoms with E-state index in [1.165, 1.54) is 55.6 Å². The molecule has 1 aliphatic heterocycles. The van der Waals surface area contributed by atoms with Gasteiger partial charge < -0.3 is 106 Å². The van der Waals surface area contributed by atoms with E-state index in [4.69, 9.17) is 16.9 Å². The number of carbonyl (C=O) groups is 14. The third kappa shape index (κ3) is 30.0. The van der Waals surface area contributed by atoms with Gasteiger partial charge in [0.15, 0.2) is 5.96 Å². The van der Waals surface area contributed by atoms with E-state index in [2.05, 4.69) is 79.1 Å². The van der Waals surface area contributed by atoms with Crippen LogP contribution < -0.4 is 80.6 Å². The number of para-hydroxylation sites is 2. The van der Waals surface area contributed by atoms with Crippen molar-refractivity contribution in [3.8, 4) is 11.5 Å². The van der Waals surface area contributed by atoms with Crippen LogP contribution in [0.25, 0.3) is 21.8 Å². The van der Waals surface area contributed by atoms with Crippen molar-refractivity contribution in [2.75, 3.05) is 38.2 Å². The molecule has 8 aromatic rings. The molecular weight excluding hydrogens is 1650 g/mol. The van der Waals surface area contributed by atoms with Gasteiger partial charge in [0.1, 0.15) is 78.0 Å². The molecule has 11 atom stereocenters. The number of carbonyl (C=O) groups excluding carboxylic acids is 14. The summed E-state index contributed by atoms with van der Waals surface area (Å²) in [5.41, 5.74) is 15.5. The summed E-state index contributed by atoms with van der Waals surface area (Å²) in [6.45, 7) is 8.89. The average Bonchev–Trinajstić information content (AvgIpc) is 1.64. The minimum atomic E-state index is -1.57. The van der Waals surface area contributed by atoms with Crippen LogP contribution in [-0.4, -0.2) is 218 Å². The first kappa shape index (κ1) is 97.0. The van der Waals surface area contributed by atoms with E-state index < -0.39 is 174 Å². The lowest BCUT2D eigenvalue weighted by Crippen LogP contribution is -2.61. The largest absolute Gasteiger partial charge is 0.508 e. The maximum atomic E-state index is 15.8. The van der Waals surface area contributed by atoms with Gasteiger partial charge in [0.05, 0.1) is 18.8 Å². The van der Waals surface area contributed by atoms with Crippen LogP contribution in [0.3, 0.4) is 0 Å². The third-order valence-electron chi connectivity index (χ3n) is 21.4. The molecule has 0 unspecified atom stereocenters. The zero-order valence-corrected chi connectivity index (χ0v) is 72.8. The molecule has 0 spiro atoms. The van der Waals surface area contributed by atoms with Crippen LogP contribution in [-0.2, 0) is 106 Å². The number of nitrogens with two attached hydrogens (primary N) is 2. The van der Waals surface area contributed by atoms with Gasteiger partial charge in [-0.25, -0.2) is 0 Å². The molecule has 9 rings (SSSR count). The Balaban J connectivity index is 1.12. The molecule has 14 amide bonds.